The molecule has 206 valence electrons. The summed E-state index contributed by atoms with van der Waals surface area (Å²) in [6.07, 6.45) is -3.75. The number of urea groups is 1. The zero-order chi connectivity index (χ0) is 27.7. The van der Waals surface area contributed by atoms with Gasteiger partial charge in [0.2, 0.25) is 0 Å². The number of halogens is 3. The fourth-order valence-corrected chi connectivity index (χ4v) is 4.88. The lowest BCUT2D eigenvalue weighted by Gasteiger charge is -2.31. The van der Waals surface area contributed by atoms with Gasteiger partial charge < -0.3 is 15.5 Å². The minimum atomic E-state index is -4.43. The van der Waals surface area contributed by atoms with Gasteiger partial charge in [-0.2, -0.15) is 13.2 Å². The normalized spacial score (nSPS) is 14.3. The summed E-state index contributed by atoms with van der Waals surface area (Å²) in [5, 5.41) is 6.12. The van der Waals surface area contributed by atoms with Gasteiger partial charge in [-0.05, 0) is 47.4 Å². The van der Waals surface area contributed by atoms with Crippen LogP contribution in [0.5, 0.6) is 0 Å². The SMILES string of the molecule is C=C(CN1CCNCC1)CN(CCC(c1ccccc1)c1ccccc1)C(=O)Nc1ccc(C(F)(F)F)cc1. The van der Waals surface area contributed by atoms with E-state index < -0.39 is 11.7 Å². The minimum absolute atomic E-state index is 0.0789. The molecule has 1 heterocycles. The first-order chi connectivity index (χ1) is 18.8. The Morgan fingerprint density at radius 1 is 0.923 bits per heavy atom. The number of anilines is 1. The molecule has 0 saturated carbocycles. The topological polar surface area (TPSA) is 47.6 Å². The molecule has 1 aliphatic rings. The molecule has 3 aromatic rings. The Labute approximate surface area is 228 Å². The van der Waals surface area contributed by atoms with Gasteiger partial charge in [0, 0.05) is 57.4 Å². The number of hydrogen-bond acceptors (Lipinski definition) is 3. The van der Waals surface area contributed by atoms with Crippen molar-refractivity contribution >= 4 is 11.7 Å². The summed E-state index contributed by atoms with van der Waals surface area (Å²) < 4.78 is 39.0. The Hall–Kier alpha value is -3.62. The van der Waals surface area contributed by atoms with Gasteiger partial charge >= 0.3 is 12.2 Å². The van der Waals surface area contributed by atoms with Crippen molar-refractivity contribution in [3.8, 4) is 0 Å². The number of amides is 2. The summed E-state index contributed by atoms with van der Waals surface area (Å²) in [6, 6.07) is 24.5. The summed E-state index contributed by atoms with van der Waals surface area (Å²) in [7, 11) is 0. The quantitative estimate of drug-likeness (QED) is 0.303. The van der Waals surface area contributed by atoms with Crippen LogP contribution in [0.3, 0.4) is 0 Å². The molecular formula is C31H35F3N4O. The molecule has 3 aromatic carbocycles. The van der Waals surface area contributed by atoms with Crippen molar-refractivity contribution in [1.82, 2.24) is 15.1 Å². The highest BCUT2D eigenvalue weighted by molar-refractivity contribution is 5.89. The van der Waals surface area contributed by atoms with Gasteiger partial charge in [-0.25, -0.2) is 4.79 Å². The molecule has 8 heteroatoms. The second-order valence-corrected chi connectivity index (χ2v) is 9.87. The van der Waals surface area contributed by atoms with Gasteiger partial charge in [-0.15, -0.1) is 0 Å². The van der Waals surface area contributed by atoms with Gasteiger partial charge in [0.05, 0.1) is 5.56 Å². The zero-order valence-electron chi connectivity index (χ0n) is 22.0. The van der Waals surface area contributed by atoms with Crippen LogP contribution in [0.15, 0.2) is 97.1 Å². The lowest BCUT2D eigenvalue weighted by molar-refractivity contribution is -0.137. The van der Waals surface area contributed by atoms with Crippen LogP contribution in [0.2, 0.25) is 0 Å². The highest BCUT2D eigenvalue weighted by Gasteiger charge is 2.30. The maximum Gasteiger partial charge on any atom is 0.416 e. The highest BCUT2D eigenvalue weighted by Crippen LogP contribution is 2.30. The summed E-state index contributed by atoms with van der Waals surface area (Å²) >= 11 is 0. The Balaban J connectivity index is 1.50. The summed E-state index contributed by atoms with van der Waals surface area (Å²) in [5.74, 6) is 0.0789. The van der Waals surface area contributed by atoms with E-state index in [0.29, 0.717) is 31.7 Å². The summed E-state index contributed by atoms with van der Waals surface area (Å²) in [6.45, 7) is 9.41. The molecule has 5 nitrogen and oxygen atoms in total. The van der Waals surface area contributed by atoms with Crippen molar-refractivity contribution in [3.05, 3.63) is 114 Å². The lowest BCUT2D eigenvalue weighted by atomic mass is 9.88. The van der Waals surface area contributed by atoms with Crippen LogP contribution >= 0.6 is 0 Å². The first-order valence-corrected chi connectivity index (χ1v) is 13.2. The predicted octanol–water partition coefficient (Wildman–Crippen LogP) is 6.22. The van der Waals surface area contributed by atoms with Crippen molar-refractivity contribution in [2.75, 3.05) is 51.1 Å². The Bertz CT molecular complexity index is 1150. The molecule has 2 N–H and O–H groups in total. The molecule has 1 fully saturated rings. The average molecular weight is 537 g/mol. The van der Waals surface area contributed by atoms with Gasteiger partial charge in [0.15, 0.2) is 0 Å². The number of hydrogen-bond donors (Lipinski definition) is 2. The van der Waals surface area contributed by atoms with Gasteiger partial charge in [-0.1, -0.05) is 67.2 Å². The van der Waals surface area contributed by atoms with Gasteiger partial charge in [0.25, 0.3) is 0 Å². The standard InChI is InChI=1S/C31H35F3N4O/c1-24(22-37-20-17-35-18-21-37)23-38(30(39)36-28-14-12-27(13-15-28)31(32,33)34)19-16-29(25-8-4-2-5-9-25)26-10-6-3-7-11-26/h2-15,29,35H,1,16-23H2,(H,36,39). The largest absolute Gasteiger partial charge is 0.416 e. The molecule has 0 radical (unpaired) electrons. The van der Waals surface area contributed by atoms with E-state index in [0.717, 1.165) is 55.0 Å². The molecule has 0 atom stereocenters. The maximum atomic E-state index is 13.4. The summed E-state index contributed by atoms with van der Waals surface area (Å²) in [4.78, 5) is 17.5. The number of carbonyl (C=O) groups excluding carboxylic acids is 1. The first-order valence-electron chi connectivity index (χ1n) is 13.2. The molecule has 0 spiro atoms. The lowest BCUT2D eigenvalue weighted by Crippen LogP contribution is -2.45. The van der Waals surface area contributed by atoms with E-state index in [1.165, 1.54) is 12.1 Å². The molecule has 2 amide bonds. The zero-order valence-corrected chi connectivity index (χ0v) is 22.0. The molecule has 1 aliphatic heterocycles. The van der Waals surface area contributed by atoms with E-state index in [4.69, 9.17) is 0 Å². The van der Waals surface area contributed by atoms with E-state index in [-0.39, 0.29) is 11.9 Å². The van der Waals surface area contributed by atoms with Crippen molar-refractivity contribution < 1.29 is 18.0 Å². The molecule has 1 saturated heterocycles. The Kier molecular flexibility index (Phi) is 9.79. The maximum absolute atomic E-state index is 13.4. The second kappa shape index (κ2) is 13.4. The second-order valence-electron chi connectivity index (χ2n) is 9.87. The van der Waals surface area contributed by atoms with E-state index in [9.17, 15) is 18.0 Å². The van der Waals surface area contributed by atoms with Crippen LogP contribution in [-0.4, -0.2) is 61.6 Å². The smallest absolute Gasteiger partial charge is 0.320 e. The first kappa shape index (κ1) is 28.4. The van der Waals surface area contributed by atoms with E-state index in [1.54, 1.807) is 4.90 Å². The molecule has 0 aliphatic carbocycles. The third-order valence-corrected chi connectivity index (χ3v) is 6.91. The Morgan fingerprint density at radius 2 is 1.49 bits per heavy atom. The van der Waals surface area contributed by atoms with Crippen LogP contribution < -0.4 is 10.6 Å². The molecule has 4 rings (SSSR count). The number of alkyl halides is 3. The fraction of sp³-hybridized carbons (Fsp3) is 0.323. The number of nitrogens with one attached hydrogen (secondary N) is 2. The number of nitrogens with zero attached hydrogens (tertiary/aromatic N) is 2. The number of rotatable bonds is 10. The third kappa shape index (κ3) is 8.43. The predicted molar refractivity (Wildman–Crippen MR) is 150 cm³/mol. The summed E-state index contributed by atoms with van der Waals surface area (Å²) in [5.41, 5.74) is 2.79. The average Bonchev–Trinajstić information content (AvgIpc) is 2.94. The van der Waals surface area contributed by atoms with Crippen LogP contribution in [0, 0.1) is 0 Å². The molecule has 0 bridgehead atoms. The third-order valence-electron chi connectivity index (χ3n) is 6.91. The minimum Gasteiger partial charge on any atom is -0.320 e. The molecule has 0 unspecified atom stereocenters. The number of carbonyl (C=O) groups is 1. The van der Waals surface area contributed by atoms with Crippen LogP contribution in [0.4, 0.5) is 23.7 Å². The highest BCUT2D eigenvalue weighted by atomic mass is 19.4. The van der Waals surface area contributed by atoms with Crippen molar-refractivity contribution in [2.45, 2.75) is 18.5 Å². The van der Waals surface area contributed by atoms with Crippen molar-refractivity contribution in [3.63, 3.8) is 0 Å². The van der Waals surface area contributed by atoms with Crippen molar-refractivity contribution in [1.29, 1.82) is 0 Å². The molecule has 39 heavy (non-hydrogen) atoms. The van der Waals surface area contributed by atoms with E-state index >= 15 is 0 Å². The van der Waals surface area contributed by atoms with Crippen LogP contribution in [0.1, 0.15) is 29.0 Å². The fourth-order valence-electron chi connectivity index (χ4n) is 4.88. The van der Waals surface area contributed by atoms with Crippen LogP contribution in [0.25, 0.3) is 0 Å². The monoisotopic (exact) mass is 536 g/mol. The number of piperazine rings is 1. The Morgan fingerprint density at radius 3 is 2.03 bits per heavy atom. The van der Waals surface area contributed by atoms with Crippen LogP contribution in [-0.2, 0) is 6.18 Å². The van der Waals surface area contributed by atoms with Gasteiger partial charge in [-0.3, -0.25) is 4.90 Å². The van der Waals surface area contributed by atoms with Gasteiger partial charge in [0.1, 0.15) is 0 Å². The number of benzene rings is 3. The molecular weight excluding hydrogens is 501 g/mol. The van der Waals surface area contributed by atoms with Crippen molar-refractivity contribution in [2.24, 2.45) is 0 Å². The van der Waals surface area contributed by atoms with E-state index in [2.05, 4.69) is 46.4 Å². The molecule has 0 aromatic heterocycles. The van der Waals surface area contributed by atoms with E-state index in [1.807, 2.05) is 36.4 Å².